The van der Waals surface area contributed by atoms with Gasteiger partial charge in [-0.15, -0.1) is 6.58 Å². The second-order valence-electron chi connectivity index (χ2n) is 6.38. The van der Waals surface area contributed by atoms with Gasteiger partial charge in [-0.2, -0.15) is 0 Å². The molecular formula is C22H29N5. The van der Waals surface area contributed by atoms with Crippen LogP contribution < -0.4 is 11.1 Å². The fourth-order valence-corrected chi connectivity index (χ4v) is 3.01. The van der Waals surface area contributed by atoms with Gasteiger partial charge in [-0.25, -0.2) is 9.97 Å². The van der Waals surface area contributed by atoms with Gasteiger partial charge >= 0.3 is 0 Å². The molecule has 0 saturated heterocycles. The van der Waals surface area contributed by atoms with Gasteiger partial charge in [0.05, 0.1) is 16.9 Å². The highest BCUT2D eigenvalue weighted by Crippen LogP contribution is 2.25. The fraction of sp³-hybridized carbons (Fsp3) is 0.273. The van der Waals surface area contributed by atoms with E-state index in [-0.39, 0.29) is 0 Å². The second kappa shape index (κ2) is 9.57. The molecule has 0 bridgehead atoms. The number of hydrogen-bond acceptors (Lipinski definition) is 4. The molecule has 2 aromatic heterocycles. The van der Waals surface area contributed by atoms with Gasteiger partial charge < -0.3 is 15.6 Å². The van der Waals surface area contributed by atoms with Gasteiger partial charge in [0, 0.05) is 19.8 Å². The van der Waals surface area contributed by atoms with E-state index in [1.807, 2.05) is 30.0 Å². The van der Waals surface area contributed by atoms with Crippen LogP contribution >= 0.6 is 0 Å². The predicted octanol–water partition coefficient (Wildman–Crippen LogP) is 4.53. The molecule has 27 heavy (non-hydrogen) atoms. The normalized spacial score (nSPS) is 12.2. The van der Waals surface area contributed by atoms with Gasteiger partial charge in [0.25, 0.3) is 0 Å². The third-order valence-corrected chi connectivity index (χ3v) is 4.36. The average molecular weight is 364 g/mol. The number of rotatable bonds is 10. The van der Waals surface area contributed by atoms with Crippen molar-refractivity contribution in [3.8, 4) is 0 Å². The van der Waals surface area contributed by atoms with Crippen LogP contribution in [-0.4, -0.2) is 21.1 Å². The van der Waals surface area contributed by atoms with Crippen molar-refractivity contribution in [3.05, 3.63) is 73.4 Å². The van der Waals surface area contributed by atoms with Gasteiger partial charge in [0.2, 0.25) is 0 Å². The van der Waals surface area contributed by atoms with Crippen molar-refractivity contribution in [2.75, 3.05) is 12.3 Å². The van der Waals surface area contributed by atoms with Gasteiger partial charge in [0.1, 0.15) is 17.5 Å². The maximum absolute atomic E-state index is 6.03. The maximum Gasteiger partial charge on any atom is 0.117 e. The lowest BCUT2D eigenvalue weighted by Gasteiger charge is -2.14. The van der Waals surface area contributed by atoms with Crippen molar-refractivity contribution < 1.29 is 0 Å². The summed E-state index contributed by atoms with van der Waals surface area (Å²) in [5.41, 5.74) is 12.2. The minimum atomic E-state index is 0.633. The zero-order valence-corrected chi connectivity index (χ0v) is 16.3. The average Bonchev–Trinajstić information content (AvgIpc) is 2.97. The molecule has 5 nitrogen and oxygen atoms in total. The van der Waals surface area contributed by atoms with E-state index in [2.05, 4.69) is 54.1 Å². The third-order valence-electron chi connectivity index (χ3n) is 4.36. The molecule has 2 heterocycles. The minimum absolute atomic E-state index is 0.633. The molecule has 0 atom stereocenters. The minimum Gasteiger partial charge on any atom is -0.396 e. The van der Waals surface area contributed by atoms with E-state index < -0.39 is 0 Å². The first kappa shape index (κ1) is 20.2. The summed E-state index contributed by atoms with van der Waals surface area (Å²) in [6.45, 7) is 14.7. The van der Waals surface area contributed by atoms with Crippen molar-refractivity contribution in [3.63, 3.8) is 0 Å². The number of aryl methyl sites for hydroxylation is 1. The molecule has 0 unspecified atom stereocenters. The zero-order chi connectivity index (χ0) is 19.8. The van der Waals surface area contributed by atoms with Gasteiger partial charge in [0.15, 0.2) is 0 Å². The van der Waals surface area contributed by atoms with Crippen LogP contribution in [0.4, 0.5) is 5.69 Å². The molecule has 0 fully saturated rings. The number of nitrogens with two attached hydrogens (primary N) is 1. The summed E-state index contributed by atoms with van der Waals surface area (Å²) >= 11 is 0. The summed E-state index contributed by atoms with van der Waals surface area (Å²) in [4.78, 5) is 8.71. The van der Waals surface area contributed by atoms with Crippen LogP contribution in [-0.2, 0) is 7.05 Å². The Hall–Kier alpha value is -3.08. The molecule has 0 aliphatic heterocycles. The van der Waals surface area contributed by atoms with Crippen LogP contribution in [0, 0.1) is 0 Å². The van der Waals surface area contributed by atoms with Gasteiger partial charge in [-0.05, 0) is 24.0 Å². The molecule has 5 heteroatoms. The van der Waals surface area contributed by atoms with E-state index in [1.54, 1.807) is 0 Å². The number of anilines is 1. The topological polar surface area (TPSA) is 68.8 Å². The highest BCUT2D eigenvalue weighted by molar-refractivity contribution is 5.94. The van der Waals surface area contributed by atoms with Crippen LogP contribution in [0.2, 0.25) is 0 Å². The Labute approximate surface area is 161 Å². The third kappa shape index (κ3) is 4.76. The number of fused-ring (bicyclic) bond motifs is 1. The molecule has 0 saturated carbocycles. The summed E-state index contributed by atoms with van der Waals surface area (Å²) in [6.07, 6.45) is 14.3. The molecule has 0 aliphatic carbocycles. The van der Waals surface area contributed by atoms with E-state index in [9.17, 15) is 0 Å². The maximum atomic E-state index is 6.03. The second-order valence-corrected chi connectivity index (χ2v) is 6.38. The Balaban J connectivity index is 2.28. The Morgan fingerprint density at radius 1 is 1.30 bits per heavy atom. The first-order chi connectivity index (χ1) is 13.0. The predicted molar refractivity (Wildman–Crippen MR) is 116 cm³/mol. The van der Waals surface area contributed by atoms with Crippen molar-refractivity contribution in [2.45, 2.75) is 26.2 Å². The van der Waals surface area contributed by atoms with Gasteiger partial charge in [-0.3, -0.25) is 0 Å². The van der Waals surface area contributed by atoms with E-state index in [0.717, 1.165) is 41.7 Å². The van der Waals surface area contributed by atoms with Crippen LogP contribution in [0.5, 0.6) is 0 Å². The lowest BCUT2D eigenvalue weighted by molar-refractivity contribution is 0.888. The molecule has 0 aromatic carbocycles. The van der Waals surface area contributed by atoms with Crippen LogP contribution in [0.3, 0.4) is 0 Å². The first-order valence-electron chi connectivity index (χ1n) is 9.13. The molecule has 0 radical (unpaired) electrons. The summed E-state index contributed by atoms with van der Waals surface area (Å²) in [5, 5.41) is 3.41. The molecule has 142 valence electrons. The van der Waals surface area contributed by atoms with Crippen molar-refractivity contribution in [1.29, 1.82) is 0 Å². The lowest BCUT2D eigenvalue weighted by atomic mass is 10.0. The Morgan fingerprint density at radius 2 is 2.07 bits per heavy atom. The fourth-order valence-electron chi connectivity index (χ4n) is 3.01. The molecule has 3 N–H and O–H groups in total. The van der Waals surface area contributed by atoms with E-state index in [1.165, 1.54) is 17.5 Å². The van der Waals surface area contributed by atoms with E-state index >= 15 is 0 Å². The monoisotopic (exact) mass is 363 g/mol. The van der Waals surface area contributed by atoms with Crippen molar-refractivity contribution in [1.82, 2.24) is 19.9 Å². The number of nitrogens with one attached hydrogen (secondary N) is 1. The molecule has 0 spiro atoms. The zero-order valence-electron chi connectivity index (χ0n) is 16.3. The number of hydrogen-bond donors (Lipinski definition) is 2. The summed E-state index contributed by atoms with van der Waals surface area (Å²) in [7, 11) is 1.93. The molecule has 0 aliphatic rings. The highest BCUT2D eigenvalue weighted by Gasteiger charge is 2.13. The summed E-state index contributed by atoms with van der Waals surface area (Å²) in [6, 6.07) is 0. The van der Waals surface area contributed by atoms with Gasteiger partial charge in [-0.1, -0.05) is 50.8 Å². The molecule has 2 aromatic rings. The summed E-state index contributed by atoms with van der Waals surface area (Å²) in [5.74, 6) is 0. The number of nitrogen functional groups attached to an aromatic ring is 1. The van der Waals surface area contributed by atoms with E-state index in [0.29, 0.717) is 12.2 Å². The Bertz CT molecular complexity index is 899. The van der Waals surface area contributed by atoms with Crippen molar-refractivity contribution >= 4 is 22.4 Å². The largest absolute Gasteiger partial charge is 0.396 e. The molecular weight excluding hydrogens is 334 g/mol. The number of nitrogens with zero attached hydrogens (tertiary/aromatic N) is 3. The number of aromatic nitrogens is 3. The SMILES string of the molecule is C=CC/C=C\C(CNC(=C)c1ncnc2c(N)cn(C)c12)=C(/C=C)CCC. The lowest BCUT2D eigenvalue weighted by Crippen LogP contribution is -2.17. The van der Waals surface area contributed by atoms with Crippen LogP contribution in [0.1, 0.15) is 31.9 Å². The molecule has 2 rings (SSSR count). The Morgan fingerprint density at radius 3 is 2.74 bits per heavy atom. The van der Waals surface area contributed by atoms with E-state index in [4.69, 9.17) is 5.73 Å². The van der Waals surface area contributed by atoms with Crippen molar-refractivity contribution in [2.24, 2.45) is 7.05 Å². The first-order valence-corrected chi connectivity index (χ1v) is 9.13. The molecule has 0 amide bonds. The van der Waals surface area contributed by atoms with Crippen LogP contribution in [0.15, 0.2) is 67.7 Å². The van der Waals surface area contributed by atoms with Crippen LogP contribution in [0.25, 0.3) is 16.7 Å². The quantitative estimate of drug-likeness (QED) is 0.481. The highest BCUT2D eigenvalue weighted by atomic mass is 15.0. The summed E-state index contributed by atoms with van der Waals surface area (Å²) < 4.78 is 1.93. The standard InChI is InChI=1S/C22H29N5/c1-6-9-10-12-18(17(8-3)11-7-2)13-24-16(4)20-22-21(26-15-25-20)19(23)14-27(22)5/h6,8,10,12,14-15,24H,1,3-4,7,9,11,13,23H2,2,5H3/b12-10-,18-17-. The Kier molecular flexibility index (Phi) is 7.17. The smallest absolute Gasteiger partial charge is 0.117 e. The number of allylic oxidation sites excluding steroid dienone is 4.